The van der Waals surface area contributed by atoms with E-state index in [1.54, 1.807) is 0 Å². The van der Waals surface area contributed by atoms with Gasteiger partial charge in [-0.2, -0.15) is 5.26 Å². The van der Waals surface area contributed by atoms with E-state index in [0.717, 1.165) is 11.1 Å². The SMILES string of the molecule is N#Cc1ccc(C=C2C=C[C@H](c3ccccc3)[C@@H](c3ccccc3)C=C2)cc1. The zero-order valence-electron chi connectivity index (χ0n) is 15.6. The highest BCUT2D eigenvalue weighted by atomic mass is 14.3. The van der Waals surface area contributed by atoms with E-state index in [4.69, 9.17) is 5.26 Å². The van der Waals surface area contributed by atoms with Gasteiger partial charge in [0, 0.05) is 11.8 Å². The predicted octanol–water partition coefficient (Wildman–Crippen LogP) is 6.64. The summed E-state index contributed by atoms with van der Waals surface area (Å²) >= 11 is 0. The molecule has 0 saturated carbocycles. The molecule has 2 atom stereocenters. The largest absolute Gasteiger partial charge is 0.192 e. The average Bonchev–Trinajstić information content (AvgIpc) is 2.98. The predicted molar refractivity (Wildman–Crippen MR) is 116 cm³/mol. The molecule has 0 N–H and O–H groups in total. The maximum Gasteiger partial charge on any atom is 0.0991 e. The topological polar surface area (TPSA) is 23.8 Å². The van der Waals surface area contributed by atoms with Gasteiger partial charge >= 0.3 is 0 Å². The number of nitriles is 1. The molecule has 0 aliphatic heterocycles. The molecule has 1 nitrogen and oxygen atoms in total. The number of hydrogen-bond donors (Lipinski definition) is 0. The molecule has 134 valence electrons. The molecular formula is C27H21N. The molecule has 1 aliphatic rings. The molecule has 0 unspecified atom stereocenters. The Bertz CT molecular complexity index is 991. The minimum atomic E-state index is 0.284. The Morgan fingerprint density at radius 2 is 1.14 bits per heavy atom. The molecule has 3 aromatic rings. The molecule has 0 heterocycles. The minimum absolute atomic E-state index is 0.284. The van der Waals surface area contributed by atoms with E-state index in [1.807, 2.05) is 24.3 Å². The van der Waals surface area contributed by atoms with Gasteiger partial charge in [0.05, 0.1) is 11.6 Å². The van der Waals surface area contributed by atoms with Crippen molar-refractivity contribution in [1.29, 1.82) is 5.26 Å². The van der Waals surface area contributed by atoms with Gasteiger partial charge in [-0.3, -0.25) is 0 Å². The van der Waals surface area contributed by atoms with Gasteiger partial charge in [0.25, 0.3) is 0 Å². The van der Waals surface area contributed by atoms with Crippen molar-refractivity contribution in [3.05, 3.63) is 137 Å². The van der Waals surface area contributed by atoms with Crippen molar-refractivity contribution in [2.45, 2.75) is 11.8 Å². The lowest BCUT2D eigenvalue weighted by atomic mass is 9.81. The van der Waals surface area contributed by atoms with E-state index < -0.39 is 0 Å². The van der Waals surface area contributed by atoms with E-state index in [1.165, 1.54) is 11.1 Å². The van der Waals surface area contributed by atoms with Gasteiger partial charge in [0.1, 0.15) is 0 Å². The summed E-state index contributed by atoms with van der Waals surface area (Å²) in [7, 11) is 0. The maximum absolute atomic E-state index is 8.97. The molecule has 0 radical (unpaired) electrons. The van der Waals surface area contributed by atoms with Crippen LogP contribution in [0, 0.1) is 11.3 Å². The van der Waals surface area contributed by atoms with Crippen molar-refractivity contribution in [2.24, 2.45) is 0 Å². The summed E-state index contributed by atoms with van der Waals surface area (Å²) in [6.07, 6.45) is 11.2. The fourth-order valence-electron chi connectivity index (χ4n) is 3.65. The third-order valence-electron chi connectivity index (χ3n) is 5.12. The third kappa shape index (κ3) is 4.03. The first-order valence-corrected chi connectivity index (χ1v) is 9.52. The fraction of sp³-hybridized carbons (Fsp3) is 0.0741. The fourth-order valence-corrected chi connectivity index (χ4v) is 3.65. The van der Waals surface area contributed by atoms with Crippen LogP contribution in [-0.2, 0) is 0 Å². The summed E-state index contributed by atoms with van der Waals surface area (Å²) < 4.78 is 0. The highest BCUT2D eigenvalue weighted by Gasteiger charge is 2.21. The molecule has 0 fully saturated rings. The summed E-state index contributed by atoms with van der Waals surface area (Å²) in [6, 6.07) is 31.2. The third-order valence-corrected chi connectivity index (χ3v) is 5.12. The van der Waals surface area contributed by atoms with Crippen molar-refractivity contribution in [3.63, 3.8) is 0 Å². The maximum atomic E-state index is 8.97. The molecule has 0 amide bonds. The standard InChI is InChI=1S/C27H21N/c28-20-23-13-11-21(12-14-23)19-22-15-17-26(24-7-3-1-4-8-24)27(18-16-22)25-9-5-2-6-10-25/h1-19,26-27H/t26-,27-/m1/s1. The van der Waals surface area contributed by atoms with Crippen LogP contribution in [0.5, 0.6) is 0 Å². The summed E-state index contributed by atoms with van der Waals surface area (Å²) in [5.74, 6) is 0.568. The highest BCUT2D eigenvalue weighted by Crippen LogP contribution is 2.37. The number of allylic oxidation sites excluding steroid dienone is 5. The normalized spacial score (nSPS) is 18.3. The lowest BCUT2D eigenvalue weighted by molar-refractivity contribution is 0.741. The van der Waals surface area contributed by atoms with Crippen LogP contribution in [0.25, 0.3) is 6.08 Å². The number of nitrogens with zero attached hydrogens (tertiary/aromatic N) is 1. The summed E-state index contributed by atoms with van der Waals surface area (Å²) in [4.78, 5) is 0. The van der Waals surface area contributed by atoms with Crippen LogP contribution < -0.4 is 0 Å². The molecule has 3 aromatic carbocycles. The molecule has 28 heavy (non-hydrogen) atoms. The molecule has 4 rings (SSSR count). The Morgan fingerprint density at radius 1 is 0.643 bits per heavy atom. The zero-order valence-corrected chi connectivity index (χ0v) is 15.6. The average molecular weight is 359 g/mol. The number of benzene rings is 3. The van der Waals surface area contributed by atoms with Crippen LogP contribution >= 0.6 is 0 Å². The van der Waals surface area contributed by atoms with Crippen molar-refractivity contribution in [3.8, 4) is 6.07 Å². The van der Waals surface area contributed by atoms with Gasteiger partial charge in [0.15, 0.2) is 0 Å². The molecule has 0 bridgehead atoms. The van der Waals surface area contributed by atoms with E-state index in [2.05, 4.69) is 97.1 Å². The second-order valence-corrected chi connectivity index (χ2v) is 6.97. The monoisotopic (exact) mass is 359 g/mol. The van der Waals surface area contributed by atoms with E-state index in [9.17, 15) is 0 Å². The van der Waals surface area contributed by atoms with Crippen molar-refractivity contribution in [1.82, 2.24) is 0 Å². The summed E-state index contributed by atoms with van der Waals surface area (Å²) in [5, 5.41) is 8.97. The first kappa shape index (κ1) is 17.8. The smallest absolute Gasteiger partial charge is 0.0991 e. The van der Waals surface area contributed by atoms with Gasteiger partial charge in [-0.1, -0.05) is 97.1 Å². The molecule has 1 aliphatic carbocycles. The zero-order chi connectivity index (χ0) is 19.2. The van der Waals surface area contributed by atoms with Gasteiger partial charge in [-0.05, 0) is 40.5 Å². The van der Waals surface area contributed by atoms with E-state index >= 15 is 0 Å². The van der Waals surface area contributed by atoms with Crippen LogP contribution in [0.3, 0.4) is 0 Å². The lowest BCUT2D eigenvalue weighted by Crippen LogP contribution is -2.06. The number of rotatable bonds is 3. The highest BCUT2D eigenvalue weighted by molar-refractivity contribution is 5.61. The lowest BCUT2D eigenvalue weighted by Gasteiger charge is -2.22. The molecule has 1 heteroatoms. The Hall–Kier alpha value is -3.63. The Labute approximate surface area is 166 Å². The van der Waals surface area contributed by atoms with Crippen LogP contribution in [0.4, 0.5) is 0 Å². The van der Waals surface area contributed by atoms with Crippen LogP contribution in [-0.4, -0.2) is 0 Å². The van der Waals surface area contributed by atoms with Crippen molar-refractivity contribution < 1.29 is 0 Å². The van der Waals surface area contributed by atoms with Crippen LogP contribution in [0.15, 0.2) is 115 Å². The summed E-state index contributed by atoms with van der Waals surface area (Å²) in [6.45, 7) is 0. The van der Waals surface area contributed by atoms with Gasteiger partial charge in [-0.15, -0.1) is 0 Å². The second-order valence-electron chi connectivity index (χ2n) is 6.97. The number of hydrogen-bond acceptors (Lipinski definition) is 1. The van der Waals surface area contributed by atoms with Gasteiger partial charge < -0.3 is 0 Å². The Balaban J connectivity index is 1.72. The molecule has 0 aromatic heterocycles. The van der Waals surface area contributed by atoms with Crippen LogP contribution in [0.2, 0.25) is 0 Å². The van der Waals surface area contributed by atoms with Gasteiger partial charge in [-0.25, -0.2) is 0 Å². The molecular weight excluding hydrogens is 338 g/mol. The quantitative estimate of drug-likeness (QED) is 0.514. The van der Waals surface area contributed by atoms with Gasteiger partial charge in [0.2, 0.25) is 0 Å². The minimum Gasteiger partial charge on any atom is -0.192 e. The van der Waals surface area contributed by atoms with E-state index in [-0.39, 0.29) is 11.8 Å². The second kappa shape index (κ2) is 8.37. The molecule has 0 saturated heterocycles. The van der Waals surface area contributed by atoms with Crippen molar-refractivity contribution in [2.75, 3.05) is 0 Å². The molecule has 0 spiro atoms. The first-order chi connectivity index (χ1) is 13.8. The Morgan fingerprint density at radius 3 is 1.61 bits per heavy atom. The van der Waals surface area contributed by atoms with Crippen LogP contribution in [0.1, 0.15) is 34.1 Å². The van der Waals surface area contributed by atoms with Crippen molar-refractivity contribution >= 4 is 6.08 Å². The summed E-state index contributed by atoms with van der Waals surface area (Å²) in [5.41, 5.74) is 5.57. The first-order valence-electron chi connectivity index (χ1n) is 9.52. The van der Waals surface area contributed by atoms with E-state index in [0.29, 0.717) is 5.56 Å². The Kier molecular flexibility index (Phi) is 5.31.